The summed E-state index contributed by atoms with van der Waals surface area (Å²) in [5.74, 6) is 0.0996. The van der Waals surface area contributed by atoms with Gasteiger partial charge in [0.1, 0.15) is 0 Å². The molecule has 0 saturated heterocycles. The van der Waals surface area contributed by atoms with Crippen LogP contribution in [0.4, 0.5) is 0 Å². The number of allylic oxidation sites excluding steroid dienone is 4. The van der Waals surface area contributed by atoms with Crippen LogP contribution in [-0.4, -0.2) is 5.78 Å². The molecule has 1 nitrogen and oxygen atoms in total. The Kier molecular flexibility index (Phi) is 3.80. The smallest absolute Gasteiger partial charge is 0.152 e. The van der Waals surface area contributed by atoms with Crippen molar-refractivity contribution in [1.82, 2.24) is 0 Å². The molecule has 0 atom stereocenters. The second-order valence-corrected chi connectivity index (χ2v) is 3.27. The minimum atomic E-state index is 0.000417. The number of carbonyl (C=O) groups excluding carboxylic acids is 1. The Balaban J connectivity index is 4.22. The minimum absolute atomic E-state index is 0.000417. The van der Waals surface area contributed by atoms with E-state index in [1.165, 1.54) is 0 Å². The van der Waals surface area contributed by atoms with Gasteiger partial charge in [-0.15, -0.1) is 0 Å². The Labute approximate surface area is 68.8 Å². The summed E-state index contributed by atoms with van der Waals surface area (Å²) >= 11 is 0. The van der Waals surface area contributed by atoms with Crippen molar-refractivity contribution >= 4 is 5.78 Å². The minimum Gasteiger partial charge on any atom is -0.295 e. The summed E-state index contributed by atoms with van der Waals surface area (Å²) in [7, 11) is 0. The molecule has 0 aliphatic heterocycles. The lowest BCUT2D eigenvalue weighted by Crippen LogP contribution is -2.02. The van der Waals surface area contributed by atoms with Crippen molar-refractivity contribution in [1.29, 1.82) is 0 Å². The molecule has 0 aromatic carbocycles. The van der Waals surface area contributed by atoms with Crippen LogP contribution in [-0.2, 0) is 4.79 Å². The van der Waals surface area contributed by atoms with Gasteiger partial charge in [0.2, 0.25) is 0 Å². The Bertz CT molecular complexity index is 185. The highest BCUT2D eigenvalue weighted by atomic mass is 16.1. The van der Waals surface area contributed by atoms with Crippen LogP contribution in [0.15, 0.2) is 24.3 Å². The zero-order valence-electron chi connectivity index (χ0n) is 7.72. The third-order valence-electron chi connectivity index (χ3n) is 1.34. The molecule has 0 rings (SSSR count). The van der Waals surface area contributed by atoms with Gasteiger partial charge >= 0.3 is 0 Å². The maximum absolute atomic E-state index is 10.6. The average Bonchev–Trinajstić information content (AvgIpc) is 1.84. The van der Waals surface area contributed by atoms with Crippen LogP contribution in [0.1, 0.15) is 27.7 Å². The maximum atomic E-state index is 10.6. The number of hydrogen-bond acceptors (Lipinski definition) is 1. The third-order valence-corrected chi connectivity index (χ3v) is 1.34. The summed E-state index contributed by atoms with van der Waals surface area (Å²) in [6, 6.07) is 0. The summed E-state index contributed by atoms with van der Waals surface area (Å²) in [4.78, 5) is 10.6. The molecule has 0 saturated carbocycles. The van der Waals surface area contributed by atoms with Gasteiger partial charge in [0.25, 0.3) is 0 Å². The topological polar surface area (TPSA) is 17.1 Å². The van der Waals surface area contributed by atoms with Crippen molar-refractivity contribution in [2.45, 2.75) is 27.7 Å². The van der Waals surface area contributed by atoms with Crippen molar-refractivity contribution < 1.29 is 4.79 Å². The molecule has 0 heterocycles. The van der Waals surface area contributed by atoms with E-state index in [9.17, 15) is 4.79 Å². The highest BCUT2D eigenvalue weighted by molar-refractivity contribution is 5.87. The van der Waals surface area contributed by atoms with E-state index in [2.05, 4.69) is 19.9 Å². The molecular formula is C10H16O. The molecule has 0 aromatic rings. The first-order chi connectivity index (χ1) is 4.98. The molecule has 0 aliphatic carbocycles. The van der Waals surface area contributed by atoms with Crippen LogP contribution in [0.2, 0.25) is 0 Å². The van der Waals surface area contributed by atoms with E-state index in [-0.39, 0.29) is 11.2 Å². The summed E-state index contributed by atoms with van der Waals surface area (Å²) < 4.78 is 0. The Morgan fingerprint density at radius 1 is 1.27 bits per heavy atom. The van der Waals surface area contributed by atoms with Crippen molar-refractivity contribution in [2.24, 2.45) is 5.41 Å². The van der Waals surface area contributed by atoms with Crippen molar-refractivity contribution in [2.75, 3.05) is 0 Å². The van der Waals surface area contributed by atoms with E-state index in [1.54, 1.807) is 13.0 Å². The van der Waals surface area contributed by atoms with Gasteiger partial charge in [0.05, 0.1) is 0 Å². The molecule has 0 bridgehead atoms. The van der Waals surface area contributed by atoms with E-state index in [4.69, 9.17) is 0 Å². The lowest BCUT2D eigenvalue weighted by atomic mass is 9.92. The fraction of sp³-hybridized carbons (Fsp3) is 0.500. The molecule has 11 heavy (non-hydrogen) atoms. The zero-order valence-corrected chi connectivity index (χ0v) is 7.72. The van der Waals surface area contributed by atoms with Gasteiger partial charge in [-0.25, -0.2) is 0 Å². The Hall–Kier alpha value is -0.850. The van der Waals surface area contributed by atoms with Crippen LogP contribution in [0.5, 0.6) is 0 Å². The van der Waals surface area contributed by atoms with Gasteiger partial charge in [-0.2, -0.15) is 0 Å². The van der Waals surface area contributed by atoms with Gasteiger partial charge in [-0.1, -0.05) is 32.1 Å². The molecule has 0 fully saturated rings. The van der Waals surface area contributed by atoms with Crippen LogP contribution in [0, 0.1) is 5.41 Å². The Morgan fingerprint density at radius 2 is 1.82 bits per heavy atom. The van der Waals surface area contributed by atoms with E-state index >= 15 is 0 Å². The molecule has 0 amide bonds. The average molecular weight is 152 g/mol. The second-order valence-electron chi connectivity index (χ2n) is 3.27. The normalized spacial score (nSPS) is 13.1. The van der Waals surface area contributed by atoms with Gasteiger partial charge < -0.3 is 0 Å². The van der Waals surface area contributed by atoms with Gasteiger partial charge in [-0.05, 0) is 19.9 Å². The third kappa shape index (κ3) is 5.59. The number of hydrogen-bond donors (Lipinski definition) is 0. The van der Waals surface area contributed by atoms with E-state index in [1.807, 2.05) is 19.1 Å². The van der Waals surface area contributed by atoms with Crippen molar-refractivity contribution in [3.63, 3.8) is 0 Å². The molecule has 0 spiro atoms. The standard InChI is InChI=1S/C10H16O/c1-5-7-10(3,4)8-6-9(2)11/h5-8H,1-4H3/b7-5+,8-6+. The summed E-state index contributed by atoms with van der Waals surface area (Å²) in [5, 5.41) is 0. The van der Waals surface area contributed by atoms with Gasteiger partial charge in [-0.3, -0.25) is 4.79 Å². The van der Waals surface area contributed by atoms with Crippen molar-refractivity contribution in [3.05, 3.63) is 24.3 Å². The van der Waals surface area contributed by atoms with E-state index in [0.717, 1.165) is 0 Å². The zero-order chi connectivity index (χ0) is 8.91. The lowest BCUT2D eigenvalue weighted by molar-refractivity contribution is -0.112. The maximum Gasteiger partial charge on any atom is 0.152 e. The molecule has 0 aliphatic rings. The van der Waals surface area contributed by atoms with Crippen molar-refractivity contribution in [3.8, 4) is 0 Å². The number of ketones is 1. The van der Waals surface area contributed by atoms with Crippen LogP contribution >= 0.6 is 0 Å². The fourth-order valence-electron chi connectivity index (χ4n) is 0.817. The first kappa shape index (κ1) is 10.2. The van der Waals surface area contributed by atoms with Crippen LogP contribution in [0.3, 0.4) is 0 Å². The quantitative estimate of drug-likeness (QED) is 0.449. The molecule has 0 aromatic heterocycles. The molecule has 0 N–H and O–H groups in total. The number of rotatable bonds is 3. The molecular weight excluding hydrogens is 136 g/mol. The van der Waals surface area contributed by atoms with Crippen LogP contribution in [0.25, 0.3) is 0 Å². The predicted octanol–water partition coefficient (Wildman–Crippen LogP) is 2.73. The second kappa shape index (κ2) is 4.12. The number of carbonyl (C=O) groups is 1. The van der Waals surface area contributed by atoms with Crippen LogP contribution < -0.4 is 0 Å². The van der Waals surface area contributed by atoms with Gasteiger partial charge in [0.15, 0.2) is 5.78 Å². The largest absolute Gasteiger partial charge is 0.295 e. The fourth-order valence-corrected chi connectivity index (χ4v) is 0.817. The SMILES string of the molecule is C/C=C/C(C)(C)/C=C/C(C)=O. The lowest BCUT2D eigenvalue weighted by Gasteiger charge is -2.13. The molecule has 62 valence electrons. The highest BCUT2D eigenvalue weighted by Gasteiger charge is 2.07. The first-order valence-corrected chi connectivity index (χ1v) is 3.81. The first-order valence-electron chi connectivity index (χ1n) is 3.81. The molecule has 0 unspecified atom stereocenters. The van der Waals surface area contributed by atoms with E-state index < -0.39 is 0 Å². The van der Waals surface area contributed by atoms with Gasteiger partial charge in [0, 0.05) is 5.41 Å². The highest BCUT2D eigenvalue weighted by Crippen LogP contribution is 2.18. The molecule has 0 radical (unpaired) electrons. The monoisotopic (exact) mass is 152 g/mol. The summed E-state index contributed by atoms with van der Waals surface area (Å²) in [5.41, 5.74) is 0.000417. The summed E-state index contributed by atoms with van der Waals surface area (Å²) in [6.45, 7) is 7.66. The molecule has 1 heteroatoms. The summed E-state index contributed by atoms with van der Waals surface area (Å²) in [6.07, 6.45) is 7.58. The van der Waals surface area contributed by atoms with E-state index in [0.29, 0.717) is 0 Å². The Morgan fingerprint density at radius 3 is 2.18 bits per heavy atom. The predicted molar refractivity (Wildman–Crippen MR) is 48.4 cm³/mol.